The summed E-state index contributed by atoms with van der Waals surface area (Å²) in [4.78, 5) is 8.56. The standard InChI is InChI=1S/C18H30N4O2.HI/c1-19-18(21-10-6-12-23-2)22-14-15-9-11-20-17(13-15)24-16-7-4-3-5-8-16;/h9,11,13,16H,3-8,10,12,14H2,1-2H3,(H2,19,21,22);1H. The van der Waals surface area contributed by atoms with Crippen LogP contribution in [0.15, 0.2) is 23.3 Å². The topological polar surface area (TPSA) is 67.8 Å². The first-order valence-corrected chi connectivity index (χ1v) is 8.87. The maximum absolute atomic E-state index is 6.02. The Hall–Kier alpha value is -1.09. The second-order valence-corrected chi connectivity index (χ2v) is 6.08. The molecule has 0 aliphatic heterocycles. The number of nitrogens with zero attached hydrogens (tertiary/aromatic N) is 2. The van der Waals surface area contributed by atoms with E-state index in [1.54, 1.807) is 14.2 Å². The van der Waals surface area contributed by atoms with Crippen LogP contribution in [0.3, 0.4) is 0 Å². The number of hydrogen-bond donors (Lipinski definition) is 2. The molecule has 1 saturated carbocycles. The lowest BCUT2D eigenvalue weighted by Crippen LogP contribution is -2.37. The minimum atomic E-state index is 0. The molecule has 0 unspecified atom stereocenters. The third-order valence-corrected chi connectivity index (χ3v) is 4.14. The lowest BCUT2D eigenvalue weighted by Gasteiger charge is -2.22. The van der Waals surface area contributed by atoms with Gasteiger partial charge in [-0.15, -0.1) is 24.0 Å². The molecule has 7 heteroatoms. The first-order valence-electron chi connectivity index (χ1n) is 8.87. The zero-order chi connectivity index (χ0) is 17.0. The number of halogens is 1. The molecule has 0 saturated heterocycles. The molecule has 0 radical (unpaired) electrons. The second kappa shape index (κ2) is 13.2. The molecule has 0 amide bonds. The quantitative estimate of drug-likeness (QED) is 0.269. The minimum Gasteiger partial charge on any atom is -0.474 e. The van der Waals surface area contributed by atoms with Crippen LogP contribution < -0.4 is 15.4 Å². The molecule has 1 heterocycles. The highest BCUT2D eigenvalue weighted by Gasteiger charge is 2.15. The molecule has 1 aromatic heterocycles. The van der Waals surface area contributed by atoms with Gasteiger partial charge in [0.2, 0.25) is 5.88 Å². The Bertz CT molecular complexity index is 508. The second-order valence-electron chi connectivity index (χ2n) is 6.08. The van der Waals surface area contributed by atoms with Gasteiger partial charge in [0.05, 0.1) is 0 Å². The van der Waals surface area contributed by atoms with Crippen LogP contribution in [0.5, 0.6) is 5.88 Å². The van der Waals surface area contributed by atoms with E-state index in [4.69, 9.17) is 9.47 Å². The zero-order valence-electron chi connectivity index (χ0n) is 15.3. The van der Waals surface area contributed by atoms with E-state index in [1.807, 2.05) is 18.3 Å². The predicted octanol–water partition coefficient (Wildman–Crippen LogP) is 3.11. The highest BCUT2D eigenvalue weighted by Crippen LogP contribution is 2.22. The number of rotatable bonds is 8. The largest absolute Gasteiger partial charge is 0.474 e. The number of aliphatic imine (C=N–C) groups is 1. The van der Waals surface area contributed by atoms with Crippen molar-refractivity contribution in [2.75, 3.05) is 27.3 Å². The molecular formula is C18H31IN4O2. The van der Waals surface area contributed by atoms with Gasteiger partial charge in [0.15, 0.2) is 5.96 Å². The molecular weight excluding hydrogens is 431 g/mol. The summed E-state index contributed by atoms with van der Waals surface area (Å²) in [7, 11) is 3.49. The molecule has 2 N–H and O–H groups in total. The van der Waals surface area contributed by atoms with Gasteiger partial charge in [-0.3, -0.25) is 4.99 Å². The lowest BCUT2D eigenvalue weighted by atomic mass is 9.98. The number of ether oxygens (including phenoxy) is 2. The molecule has 0 aromatic carbocycles. The van der Waals surface area contributed by atoms with Crippen LogP contribution >= 0.6 is 24.0 Å². The Morgan fingerprint density at radius 2 is 2.08 bits per heavy atom. The van der Waals surface area contributed by atoms with Crippen molar-refractivity contribution in [2.45, 2.75) is 51.2 Å². The Balaban J connectivity index is 0.00000312. The molecule has 1 aliphatic carbocycles. The predicted molar refractivity (Wildman–Crippen MR) is 112 cm³/mol. The van der Waals surface area contributed by atoms with E-state index >= 15 is 0 Å². The lowest BCUT2D eigenvalue weighted by molar-refractivity contribution is 0.148. The molecule has 6 nitrogen and oxygen atoms in total. The fourth-order valence-corrected chi connectivity index (χ4v) is 2.81. The molecule has 0 bridgehead atoms. The number of aromatic nitrogens is 1. The summed E-state index contributed by atoms with van der Waals surface area (Å²) >= 11 is 0. The number of guanidine groups is 1. The van der Waals surface area contributed by atoms with E-state index in [1.165, 1.54) is 19.3 Å². The summed E-state index contributed by atoms with van der Waals surface area (Å²) < 4.78 is 11.1. The van der Waals surface area contributed by atoms with Crippen LogP contribution in [0.25, 0.3) is 0 Å². The van der Waals surface area contributed by atoms with E-state index in [9.17, 15) is 0 Å². The molecule has 0 atom stereocenters. The van der Waals surface area contributed by atoms with Gasteiger partial charge in [0.25, 0.3) is 0 Å². The van der Waals surface area contributed by atoms with Crippen LogP contribution in [0, 0.1) is 0 Å². The zero-order valence-corrected chi connectivity index (χ0v) is 17.6. The van der Waals surface area contributed by atoms with E-state index in [2.05, 4.69) is 20.6 Å². The average Bonchev–Trinajstić information content (AvgIpc) is 2.62. The summed E-state index contributed by atoms with van der Waals surface area (Å²) in [5, 5.41) is 6.58. The Labute approximate surface area is 168 Å². The van der Waals surface area contributed by atoms with Gasteiger partial charge in [0.1, 0.15) is 6.10 Å². The third kappa shape index (κ3) is 8.71. The van der Waals surface area contributed by atoms with Crippen LogP contribution in [0.1, 0.15) is 44.1 Å². The molecule has 0 spiro atoms. The molecule has 2 rings (SSSR count). The molecule has 142 valence electrons. The van der Waals surface area contributed by atoms with Crippen molar-refractivity contribution in [1.82, 2.24) is 15.6 Å². The van der Waals surface area contributed by atoms with Crippen LogP contribution in [-0.2, 0) is 11.3 Å². The maximum atomic E-state index is 6.02. The van der Waals surface area contributed by atoms with Gasteiger partial charge < -0.3 is 20.1 Å². The van der Waals surface area contributed by atoms with Gasteiger partial charge in [-0.1, -0.05) is 6.42 Å². The number of nitrogens with one attached hydrogen (secondary N) is 2. The summed E-state index contributed by atoms with van der Waals surface area (Å²) in [6, 6.07) is 4.01. The van der Waals surface area contributed by atoms with Crippen LogP contribution in [-0.4, -0.2) is 44.4 Å². The van der Waals surface area contributed by atoms with Gasteiger partial charge >= 0.3 is 0 Å². The maximum Gasteiger partial charge on any atom is 0.213 e. The van der Waals surface area contributed by atoms with Crippen LogP contribution in [0.2, 0.25) is 0 Å². The fraction of sp³-hybridized carbons (Fsp3) is 0.667. The summed E-state index contributed by atoms with van der Waals surface area (Å²) in [5.74, 6) is 1.52. The van der Waals surface area contributed by atoms with Crippen molar-refractivity contribution < 1.29 is 9.47 Å². The molecule has 1 aliphatic rings. The van der Waals surface area contributed by atoms with Crippen molar-refractivity contribution in [3.63, 3.8) is 0 Å². The molecule has 25 heavy (non-hydrogen) atoms. The summed E-state index contributed by atoms with van der Waals surface area (Å²) in [6.07, 6.45) is 9.21. The van der Waals surface area contributed by atoms with Crippen molar-refractivity contribution in [3.05, 3.63) is 23.9 Å². The van der Waals surface area contributed by atoms with E-state index in [-0.39, 0.29) is 24.0 Å². The highest BCUT2D eigenvalue weighted by molar-refractivity contribution is 14.0. The number of hydrogen-bond acceptors (Lipinski definition) is 4. The molecule has 1 fully saturated rings. The van der Waals surface area contributed by atoms with Gasteiger partial charge in [0, 0.05) is 46.1 Å². The smallest absolute Gasteiger partial charge is 0.213 e. The Morgan fingerprint density at radius 3 is 2.80 bits per heavy atom. The highest BCUT2D eigenvalue weighted by atomic mass is 127. The van der Waals surface area contributed by atoms with Gasteiger partial charge in [-0.25, -0.2) is 4.98 Å². The Kier molecular flexibility index (Phi) is 11.6. The molecule has 1 aromatic rings. The fourth-order valence-electron chi connectivity index (χ4n) is 2.81. The monoisotopic (exact) mass is 462 g/mol. The van der Waals surface area contributed by atoms with E-state index in [0.717, 1.165) is 49.8 Å². The Morgan fingerprint density at radius 1 is 1.28 bits per heavy atom. The van der Waals surface area contributed by atoms with Crippen molar-refractivity contribution in [2.24, 2.45) is 4.99 Å². The van der Waals surface area contributed by atoms with Crippen LogP contribution in [0.4, 0.5) is 0 Å². The summed E-state index contributed by atoms with van der Waals surface area (Å²) in [5.41, 5.74) is 1.13. The normalized spacial score (nSPS) is 15.4. The van der Waals surface area contributed by atoms with Gasteiger partial charge in [-0.05, 0) is 43.7 Å². The number of pyridine rings is 1. The van der Waals surface area contributed by atoms with E-state index in [0.29, 0.717) is 12.6 Å². The first kappa shape index (κ1) is 22.0. The summed E-state index contributed by atoms with van der Waals surface area (Å²) in [6.45, 7) is 2.27. The van der Waals surface area contributed by atoms with Gasteiger partial charge in [-0.2, -0.15) is 0 Å². The minimum absolute atomic E-state index is 0. The van der Waals surface area contributed by atoms with Crippen molar-refractivity contribution >= 4 is 29.9 Å². The average molecular weight is 462 g/mol. The van der Waals surface area contributed by atoms with Crippen molar-refractivity contribution in [3.8, 4) is 5.88 Å². The first-order chi connectivity index (χ1) is 11.8. The van der Waals surface area contributed by atoms with Crippen molar-refractivity contribution in [1.29, 1.82) is 0 Å². The SMILES string of the molecule is CN=C(NCCCOC)NCc1ccnc(OC2CCCCC2)c1.I. The third-order valence-electron chi connectivity index (χ3n) is 4.14. The number of methoxy groups -OCH3 is 1. The van der Waals surface area contributed by atoms with E-state index < -0.39 is 0 Å².